The normalized spacial score (nSPS) is 16.8. The summed E-state index contributed by atoms with van der Waals surface area (Å²) in [7, 11) is 0. The molecule has 0 unspecified atom stereocenters. The van der Waals surface area contributed by atoms with Crippen LogP contribution < -0.4 is 15.0 Å². The quantitative estimate of drug-likeness (QED) is 0.908. The average Bonchev–Trinajstić information content (AvgIpc) is 2.95. The highest BCUT2D eigenvalue weighted by Gasteiger charge is 2.31. The van der Waals surface area contributed by atoms with Gasteiger partial charge in [0.1, 0.15) is 11.6 Å². The number of benzene rings is 2. The van der Waals surface area contributed by atoms with Gasteiger partial charge in [-0.1, -0.05) is 17.7 Å². The standard InChI is InChI=1S/C19H19FN2O3/c1-13-2-6-16(7-3-13)22-11-15(10-19(22)24)21-18(23)12-25-17-8-4-14(20)5-9-17/h2-9,15H,10-12H2,1H3,(H,21,23)/t15-/m1/s1. The molecule has 5 nitrogen and oxygen atoms in total. The maximum absolute atomic E-state index is 12.8. The van der Waals surface area contributed by atoms with E-state index in [2.05, 4.69) is 5.32 Å². The summed E-state index contributed by atoms with van der Waals surface area (Å²) in [5, 5.41) is 2.80. The van der Waals surface area contributed by atoms with Crippen LogP contribution in [0.4, 0.5) is 10.1 Å². The van der Waals surface area contributed by atoms with Crippen LogP contribution in [-0.2, 0) is 9.59 Å². The molecule has 0 spiro atoms. The van der Waals surface area contributed by atoms with Crippen molar-refractivity contribution in [2.24, 2.45) is 0 Å². The molecule has 0 bridgehead atoms. The van der Waals surface area contributed by atoms with Gasteiger partial charge >= 0.3 is 0 Å². The van der Waals surface area contributed by atoms with Crippen LogP contribution in [0.15, 0.2) is 48.5 Å². The molecule has 2 aromatic carbocycles. The van der Waals surface area contributed by atoms with Crippen molar-refractivity contribution < 1.29 is 18.7 Å². The lowest BCUT2D eigenvalue weighted by atomic mass is 10.2. The van der Waals surface area contributed by atoms with E-state index in [4.69, 9.17) is 4.74 Å². The van der Waals surface area contributed by atoms with Gasteiger partial charge in [-0.2, -0.15) is 0 Å². The molecule has 0 radical (unpaired) electrons. The third-order valence-electron chi connectivity index (χ3n) is 4.02. The maximum Gasteiger partial charge on any atom is 0.258 e. The number of anilines is 1. The molecule has 1 saturated heterocycles. The Morgan fingerprint density at radius 3 is 2.56 bits per heavy atom. The van der Waals surface area contributed by atoms with Crippen molar-refractivity contribution in [3.63, 3.8) is 0 Å². The third kappa shape index (κ3) is 4.35. The first-order valence-corrected chi connectivity index (χ1v) is 8.06. The van der Waals surface area contributed by atoms with E-state index in [9.17, 15) is 14.0 Å². The van der Waals surface area contributed by atoms with E-state index in [1.54, 1.807) is 4.90 Å². The summed E-state index contributed by atoms with van der Waals surface area (Å²) in [5.41, 5.74) is 1.95. The van der Waals surface area contributed by atoms with Gasteiger partial charge in [-0.3, -0.25) is 9.59 Å². The minimum atomic E-state index is -0.363. The Labute approximate surface area is 145 Å². The zero-order valence-corrected chi connectivity index (χ0v) is 13.9. The number of amides is 2. The minimum absolute atomic E-state index is 0.0198. The Balaban J connectivity index is 1.51. The van der Waals surface area contributed by atoms with E-state index in [0.717, 1.165) is 11.3 Å². The predicted octanol–water partition coefficient (Wildman–Crippen LogP) is 2.43. The second-order valence-corrected chi connectivity index (χ2v) is 6.05. The van der Waals surface area contributed by atoms with Crippen LogP contribution >= 0.6 is 0 Å². The molecule has 1 aliphatic heterocycles. The van der Waals surface area contributed by atoms with Crippen molar-refractivity contribution in [1.29, 1.82) is 0 Å². The van der Waals surface area contributed by atoms with Gasteiger partial charge in [0.15, 0.2) is 6.61 Å². The van der Waals surface area contributed by atoms with Crippen molar-refractivity contribution in [2.45, 2.75) is 19.4 Å². The second-order valence-electron chi connectivity index (χ2n) is 6.05. The third-order valence-corrected chi connectivity index (χ3v) is 4.02. The first kappa shape index (κ1) is 17.0. The summed E-state index contributed by atoms with van der Waals surface area (Å²) in [6, 6.07) is 12.9. The fraction of sp³-hybridized carbons (Fsp3) is 0.263. The number of hydrogen-bond acceptors (Lipinski definition) is 3. The van der Waals surface area contributed by atoms with Crippen LogP contribution in [0.3, 0.4) is 0 Å². The SMILES string of the molecule is Cc1ccc(N2C[C@H](NC(=O)COc3ccc(F)cc3)CC2=O)cc1. The van der Waals surface area contributed by atoms with Gasteiger partial charge in [-0.15, -0.1) is 0 Å². The molecule has 1 atom stereocenters. The summed E-state index contributed by atoms with van der Waals surface area (Å²) in [4.78, 5) is 25.8. The van der Waals surface area contributed by atoms with Gasteiger partial charge in [0.05, 0.1) is 6.04 Å². The number of aryl methyl sites for hydroxylation is 1. The molecular formula is C19H19FN2O3. The molecule has 1 N–H and O–H groups in total. The number of carbonyl (C=O) groups excluding carboxylic acids is 2. The number of nitrogens with zero attached hydrogens (tertiary/aromatic N) is 1. The average molecular weight is 342 g/mol. The minimum Gasteiger partial charge on any atom is -0.484 e. The van der Waals surface area contributed by atoms with Crippen molar-refractivity contribution in [1.82, 2.24) is 5.32 Å². The summed E-state index contributed by atoms with van der Waals surface area (Å²) in [5.74, 6) is -0.278. The van der Waals surface area contributed by atoms with Crippen LogP contribution in [0.25, 0.3) is 0 Å². The molecule has 0 aromatic heterocycles. The Morgan fingerprint density at radius 1 is 1.20 bits per heavy atom. The first-order chi connectivity index (χ1) is 12.0. The molecule has 2 aromatic rings. The Kier molecular flexibility index (Phi) is 4.97. The highest BCUT2D eigenvalue weighted by molar-refractivity contribution is 5.96. The topological polar surface area (TPSA) is 58.6 Å². The van der Waals surface area contributed by atoms with Crippen LogP contribution in [0, 0.1) is 12.7 Å². The Hall–Kier alpha value is -2.89. The number of ether oxygens (including phenoxy) is 1. The lowest BCUT2D eigenvalue weighted by Gasteiger charge is -2.17. The number of halogens is 1. The predicted molar refractivity (Wildman–Crippen MR) is 92.0 cm³/mol. The molecule has 2 amide bonds. The molecule has 0 saturated carbocycles. The van der Waals surface area contributed by atoms with Crippen molar-refractivity contribution in [2.75, 3.05) is 18.1 Å². The fourth-order valence-corrected chi connectivity index (χ4v) is 2.73. The van der Waals surface area contributed by atoms with Gasteiger partial charge in [-0.25, -0.2) is 4.39 Å². The summed E-state index contributed by atoms with van der Waals surface area (Å²) in [6.07, 6.45) is 0.260. The lowest BCUT2D eigenvalue weighted by molar-refractivity contribution is -0.123. The van der Waals surface area contributed by atoms with E-state index < -0.39 is 0 Å². The van der Waals surface area contributed by atoms with Gasteiger partial charge in [0.25, 0.3) is 5.91 Å². The van der Waals surface area contributed by atoms with Gasteiger partial charge in [0.2, 0.25) is 5.91 Å². The highest BCUT2D eigenvalue weighted by Crippen LogP contribution is 2.22. The summed E-state index contributed by atoms with van der Waals surface area (Å²) in [6.45, 7) is 2.24. The maximum atomic E-state index is 12.8. The Morgan fingerprint density at radius 2 is 1.88 bits per heavy atom. The highest BCUT2D eigenvalue weighted by atomic mass is 19.1. The van der Waals surface area contributed by atoms with Gasteiger partial charge in [-0.05, 0) is 43.3 Å². The molecule has 3 rings (SSSR count). The van der Waals surface area contributed by atoms with Crippen LogP contribution in [-0.4, -0.2) is 31.0 Å². The van der Waals surface area contributed by atoms with Crippen molar-refractivity contribution >= 4 is 17.5 Å². The van der Waals surface area contributed by atoms with Crippen molar-refractivity contribution in [3.05, 3.63) is 59.9 Å². The Bertz CT molecular complexity index is 759. The zero-order chi connectivity index (χ0) is 17.8. The number of hydrogen-bond donors (Lipinski definition) is 1. The summed E-state index contributed by atoms with van der Waals surface area (Å²) < 4.78 is 18.1. The molecule has 130 valence electrons. The molecule has 6 heteroatoms. The molecule has 1 fully saturated rings. The molecule has 1 aliphatic rings. The van der Waals surface area contributed by atoms with Gasteiger partial charge < -0.3 is 15.0 Å². The van der Waals surface area contributed by atoms with E-state index in [0.29, 0.717) is 12.3 Å². The first-order valence-electron chi connectivity index (χ1n) is 8.06. The zero-order valence-electron chi connectivity index (χ0n) is 13.9. The van der Waals surface area contributed by atoms with Crippen LogP contribution in [0.5, 0.6) is 5.75 Å². The molecule has 1 heterocycles. The van der Waals surface area contributed by atoms with Crippen molar-refractivity contribution in [3.8, 4) is 5.75 Å². The smallest absolute Gasteiger partial charge is 0.258 e. The van der Waals surface area contributed by atoms with E-state index in [1.165, 1.54) is 24.3 Å². The lowest BCUT2D eigenvalue weighted by Crippen LogP contribution is -2.39. The monoisotopic (exact) mass is 342 g/mol. The molecule has 25 heavy (non-hydrogen) atoms. The van der Waals surface area contributed by atoms with Crippen LogP contribution in [0.1, 0.15) is 12.0 Å². The largest absolute Gasteiger partial charge is 0.484 e. The van der Waals surface area contributed by atoms with Gasteiger partial charge in [0, 0.05) is 18.7 Å². The number of carbonyl (C=O) groups is 2. The molecular weight excluding hydrogens is 323 g/mol. The number of rotatable bonds is 5. The molecule has 0 aliphatic carbocycles. The van der Waals surface area contributed by atoms with Crippen LogP contribution in [0.2, 0.25) is 0 Å². The van der Waals surface area contributed by atoms with E-state index in [1.807, 2.05) is 31.2 Å². The second kappa shape index (κ2) is 7.34. The van der Waals surface area contributed by atoms with E-state index >= 15 is 0 Å². The summed E-state index contributed by atoms with van der Waals surface area (Å²) >= 11 is 0. The number of nitrogens with one attached hydrogen (secondary N) is 1. The van der Waals surface area contributed by atoms with E-state index in [-0.39, 0.29) is 36.7 Å². The fourth-order valence-electron chi connectivity index (χ4n) is 2.73.